The number of carbonyl (C=O) groups is 1. The van der Waals surface area contributed by atoms with Gasteiger partial charge in [0.15, 0.2) is 11.0 Å². The molecular weight excluding hydrogens is 467 g/mol. The Labute approximate surface area is 204 Å². The number of aromatic nitrogens is 7. The van der Waals surface area contributed by atoms with Gasteiger partial charge in [0.05, 0.1) is 11.4 Å². The Morgan fingerprint density at radius 1 is 1.03 bits per heavy atom. The number of hydrogen-bond donors (Lipinski definition) is 1. The maximum atomic E-state index is 13.4. The second kappa shape index (κ2) is 9.85. The highest BCUT2D eigenvalue weighted by Crippen LogP contribution is 2.28. The van der Waals surface area contributed by atoms with Crippen molar-refractivity contribution in [3.05, 3.63) is 90.5 Å². The summed E-state index contributed by atoms with van der Waals surface area (Å²) in [6.45, 7) is 1.92. The van der Waals surface area contributed by atoms with Crippen LogP contribution in [0.25, 0.3) is 22.8 Å². The molecule has 0 unspecified atom stereocenters. The van der Waals surface area contributed by atoms with Crippen LogP contribution in [-0.4, -0.2) is 46.6 Å². The van der Waals surface area contributed by atoms with Crippen molar-refractivity contribution in [3.8, 4) is 22.8 Å². The number of carbonyl (C=O) groups excluding carboxylic acids is 1. The number of aryl methyl sites for hydroxylation is 1. The Kier molecular flexibility index (Phi) is 6.31. The summed E-state index contributed by atoms with van der Waals surface area (Å²) in [5.41, 5.74) is 3.97. The molecule has 0 bridgehead atoms. The summed E-state index contributed by atoms with van der Waals surface area (Å²) in [7, 11) is 0. The van der Waals surface area contributed by atoms with Gasteiger partial charge in [-0.3, -0.25) is 9.36 Å². The van der Waals surface area contributed by atoms with Gasteiger partial charge in [-0.1, -0.05) is 30.0 Å². The van der Waals surface area contributed by atoms with Crippen LogP contribution in [0.5, 0.6) is 0 Å². The molecule has 0 saturated carbocycles. The van der Waals surface area contributed by atoms with Crippen molar-refractivity contribution in [2.24, 2.45) is 0 Å². The van der Waals surface area contributed by atoms with Crippen LogP contribution in [0, 0.1) is 12.7 Å². The minimum absolute atomic E-state index is 0.127. The molecule has 1 amide bonds. The minimum atomic E-state index is -0.327. The van der Waals surface area contributed by atoms with E-state index >= 15 is 0 Å². The lowest BCUT2D eigenvalue weighted by Gasteiger charge is -2.11. The molecule has 0 atom stereocenters. The zero-order valence-corrected chi connectivity index (χ0v) is 19.4. The van der Waals surface area contributed by atoms with Gasteiger partial charge < -0.3 is 5.32 Å². The third-order valence-electron chi connectivity index (χ3n) is 5.16. The third kappa shape index (κ3) is 4.94. The second-order valence-electron chi connectivity index (χ2n) is 7.58. The van der Waals surface area contributed by atoms with Crippen molar-refractivity contribution in [1.29, 1.82) is 0 Å². The SMILES string of the molecule is Cc1cc(NC(=O)CSc2nnc(-c3ccc(F)cc3)n2-c2ccccc2)ccc1-n1cnnn1. The normalized spacial score (nSPS) is 10.9. The Balaban J connectivity index is 1.33. The van der Waals surface area contributed by atoms with Crippen molar-refractivity contribution in [1.82, 2.24) is 35.0 Å². The fourth-order valence-electron chi connectivity index (χ4n) is 3.55. The van der Waals surface area contributed by atoms with E-state index in [2.05, 4.69) is 31.0 Å². The number of hydrogen-bond acceptors (Lipinski definition) is 7. The summed E-state index contributed by atoms with van der Waals surface area (Å²) in [5, 5.41) is 23.3. The molecule has 0 aliphatic carbocycles. The standard InChI is InChI=1S/C24H19FN8OS/c1-16-13-19(11-12-21(16)32-15-26-30-31-32)27-22(34)14-35-24-29-28-23(17-7-9-18(25)10-8-17)33(24)20-5-3-2-4-6-20/h2-13,15H,14H2,1H3,(H,27,34). The molecule has 5 aromatic rings. The van der Waals surface area contributed by atoms with Gasteiger partial charge in [-0.2, -0.15) is 0 Å². The van der Waals surface area contributed by atoms with E-state index in [1.54, 1.807) is 22.9 Å². The van der Waals surface area contributed by atoms with Gasteiger partial charge in [0.2, 0.25) is 5.91 Å². The molecule has 3 aromatic carbocycles. The Morgan fingerprint density at radius 3 is 2.54 bits per heavy atom. The van der Waals surface area contributed by atoms with Crippen molar-refractivity contribution < 1.29 is 9.18 Å². The number of amides is 1. The number of para-hydroxylation sites is 1. The van der Waals surface area contributed by atoms with Crippen molar-refractivity contribution >= 4 is 23.4 Å². The molecule has 2 heterocycles. The first-order valence-electron chi connectivity index (χ1n) is 10.6. The summed E-state index contributed by atoms with van der Waals surface area (Å²) < 4.78 is 16.9. The first-order chi connectivity index (χ1) is 17.1. The number of nitrogens with one attached hydrogen (secondary N) is 1. The average Bonchev–Trinajstić information content (AvgIpc) is 3.54. The van der Waals surface area contributed by atoms with Crippen LogP contribution in [0.15, 0.2) is 84.3 Å². The van der Waals surface area contributed by atoms with Crippen LogP contribution < -0.4 is 5.32 Å². The van der Waals surface area contributed by atoms with Gasteiger partial charge in [-0.25, -0.2) is 9.07 Å². The van der Waals surface area contributed by atoms with Crippen LogP contribution in [0.2, 0.25) is 0 Å². The number of benzene rings is 3. The molecule has 0 fully saturated rings. The van der Waals surface area contributed by atoms with Gasteiger partial charge in [0.25, 0.3) is 0 Å². The average molecular weight is 487 g/mol. The molecule has 0 radical (unpaired) electrons. The van der Waals surface area contributed by atoms with Crippen LogP contribution >= 0.6 is 11.8 Å². The number of rotatable bonds is 7. The van der Waals surface area contributed by atoms with Gasteiger partial charge >= 0.3 is 0 Å². The predicted molar refractivity (Wildman–Crippen MR) is 130 cm³/mol. The predicted octanol–water partition coefficient (Wildman–Crippen LogP) is 4.09. The van der Waals surface area contributed by atoms with E-state index in [9.17, 15) is 9.18 Å². The highest BCUT2D eigenvalue weighted by molar-refractivity contribution is 7.99. The number of anilines is 1. The van der Waals surface area contributed by atoms with Crippen molar-refractivity contribution in [3.63, 3.8) is 0 Å². The lowest BCUT2D eigenvalue weighted by molar-refractivity contribution is -0.113. The Morgan fingerprint density at radius 2 is 1.83 bits per heavy atom. The third-order valence-corrected chi connectivity index (χ3v) is 6.09. The molecule has 11 heteroatoms. The number of thioether (sulfide) groups is 1. The van der Waals surface area contributed by atoms with Crippen molar-refractivity contribution in [2.45, 2.75) is 12.1 Å². The second-order valence-corrected chi connectivity index (χ2v) is 8.52. The lowest BCUT2D eigenvalue weighted by Crippen LogP contribution is -2.15. The van der Waals surface area contributed by atoms with E-state index in [0.717, 1.165) is 22.5 Å². The maximum absolute atomic E-state index is 13.4. The Bertz CT molecular complexity index is 1450. The number of nitrogens with zero attached hydrogens (tertiary/aromatic N) is 7. The van der Waals surface area contributed by atoms with Gasteiger partial charge in [-0.15, -0.1) is 15.3 Å². The van der Waals surface area contributed by atoms with Crippen LogP contribution in [0.3, 0.4) is 0 Å². The minimum Gasteiger partial charge on any atom is -0.325 e. The van der Waals surface area contributed by atoms with Crippen molar-refractivity contribution in [2.75, 3.05) is 11.1 Å². The van der Waals surface area contributed by atoms with Crippen LogP contribution in [-0.2, 0) is 4.79 Å². The Hall–Kier alpha value is -4.38. The lowest BCUT2D eigenvalue weighted by atomic mass is 10.2. The first-order valence-corrected chi connectivity index (χ1v) is 11.6. The monoisotopic (exact) mass is 486 g/mol. The van der Waals surface area contributed by atoms with E-state index in [1.807, 2.05) is 54.0 Å². The summed E-state index contributed by atoms with van der Waals surface area (Å²) in [6.07, 6.45) is 1.51. The molecule has 9 nitrogen and oxygen atoms in total. The molecular formula is C24H19FN8OS. The zero-order chi connectivity index (χ0) is 24.2. The molecule has 0 saturated heterocycles. The van der Waals surface area contributed by atoms with E-state index in [-0.39, 0.29) is 17.5 Å². The molecule has 0 aliphatic rings. The molecule has 5 rings (SSSR count). The van der Waals surface area contributed by atoms with Gasteiger partial charge in [-0.05, 0) is 77.5 Å². The van der Waals surface area contributed by atoms with Gasteiger partial charge in [0.1, 0.15) is 12.1 Å². The maximum Gasteiger partial charge on any atom is 0.234 e. The van der Waals surface area contributed by atoms with Crippen LogP contribution in [0.4, 0.5) is 10.1 Å². The van der Waals surface area contributed by atoms with E-state index in [0.29, 0.717) is 16.7 Å². The van der Waals surface area contributed by atoms with Gasteiger partial charge in [0, 0.05) is 16.9 Å². The number of halogens is 1. The fraction of sp³-hybridized carbons (Fsp3) is 0.0833. The van der Waals surface area contributed by atoms with E-state index < -0.39 is 0 Å². The quantitative estimate of drug-likeness (QED) is 0.346. The summed E-state index contributed by atoms with van der Waals surface area (Å²) >= 11 is 1.27. The molecule has 1 N–H and O–H groups in total. The molecule has 0 aliphatic heterocycles. The molecule has 0 spiro atoms. The summed E-state index contributed by atoms with van der Waals surface area (Å²) in [6, 6.07) is 21.2. The largest absolute Gasteiger partial charge is 0.325 e. The molecule has 174 valence electrons. The molecule has 2 aromatic heterocycles. The summed E-state index contributed by atoms with van der Waals surface area (Å²) in [4.78, 5) is 12.7. The fourth-order valence-corrected chi connectivity index (χ4v) is 4.30. The van der Waals surface area contributed by atoms with Crippen LogP contribution in [0.1, 0.15) is 5.56 Å². The zero-order valence-electron chi connectivity index (χ0n) is 18.5. The van der Waals surface area contributed by atoms with E-state index in [4.69, 9.17) is 0 Å². The highest BCUT2D eigenvalue weighted by Gasteiger charge is 2.17. The topological polar surface area (TPSA) is 103 Å². The smallest absolute Gasteiger partial charge is 0.234 e. The van der Waals surface area contributed by atoms with E-state index in [1.165, 1.54) is 30.2 Å². The number of tetrazole rings is 1. The highest BCUT2D eigenvalue weighted by atomic mass is 32.2. The molecule has 35 heavy (non-hydrogen) atoms. The summed E-state index contributed by atoms with van der Waals surface area (Å²) in [5.74, 6) is 0.179. The first kappa shape index (κ1) is 22.4.